The van der Waals surface area contributed by atoms with Crippen LogP contribution >= 0.6 is 0 Å². The van der Waals surface area contributed by atoms with Gasteiger partial charge in [0.25, 0.3) is 11.8 Å². The predicted octanol–water partition coefficient (Wildman–Crippen LogP) is -0.835. The summed E-state index contributed by atoms with van der Waals surface area (Å²) >= 11 is 0. The third-order valence-corrected chi connectivity index (χ3v) is 0.971. The summed E-state index contributed by atoms with van der Waals surface area (Å²) in [7, 11) is 0. The Labute approximate surface area is 80.8 Å². The average molecular weight is 226 g/mol. The quantitative estimate of drug-likeness (QED) is 0.414. The van der Waals surface area contributed by atoms with E-state index in [0.29, 0.717) is 0 Å². The van der Waals surface area contributed by atoms with Crippen LogP contribution in [0.25, 0.3) is 0 Å². The highest BCUT2D eigenvalue weighted by atomic mass is 19.4. The second kappa shape index (κ2) is 5.10. The number of rotatable bonds is 0. The first-order chi connectivity index (χ1) is 6.77. The van der Waals surface area contributed by atoms with Gasteiger partial charge in [-0.25, -0.2) is 4.79 Å². The number of amides is 2. The fraction of sp³-hybridized carbons (Fsp3) is 0.167. The van der Waals surface area contributed by atoms with Crippen molar-refractivity contribution in [3.63, 3.8) is 0 Å². The summed E-state index contributed by atoms with van der Waals surface area (Å²) in [5.74, 6) is 0.840. The Morgan fingerprint density at radius 1 is 1.27 bits per heavy atom. The Hall–Kier alpha value is -1.90. The molecular weight excluding hydrogens is 221 g/mol. The third-order valence-electron chi connectivity index (χ3n) is 0.971. The van der Waals surface area contributed by atoms with Crippen molar-refractivity contribution in [3.8, 4) is 0 Å². The lowest BCUT2D eigenvalue weighted by Crippen LogP contribution is -2.27. The van der Waals surface area contributed by atoms with Crippen LogP contribution in [-0.4, -0.2) is 24.0 Å². The Bertz CT molecular complexity index is 294. The maximum absolute atomic E-state index is 10.9. The molecule has 84 valence electrons. The maximum Gasteiger partial charge on any atom is 0.492 e. The summed E-state index contributed by atoms with van der Waals surface area (Å²) in [6.45, 7) is 0. The summed E-state index contributed by atoms with van der Waals surface area (Å²) in [6, 6.07) is 0. The minimum absolute atomic E-state index is 0.329. The van der Waals surface area contributed by atoms with Gasteiger partial charge in [0.2, 0.25) is 0 Å². The zero-order valence-electron chi connectivity index (χ0n) is 7.00. The second-order valence-electron chi connectivity index (χ2n) is 2.09. The van der Waals surface area contributed by atoms with Crippen LogP contribution in [0.4, 0.5) is 13.2 Å². The van der Waals surface area contributed by atoms with Gasteiger partial charge in [-0.2, -0.15) is 19.1 Å². The van der Waals surface area contributed by atoms with Gasteiger partial charge in [-0.05, 0) is 0 Å². The smallest absolute Gasteiger partial charge is 0.367 e. The maximum atomic E-state index is 10.9. The van der Waals surface area contributed by atoms with E-state index >= 15 is 0 Å². The molecule has 6 nitrogen and oxygen atoms in total. The molecule has 1 aliphatic rings. The van der Waals surface area contributed by atoms with Crippen LogP contribution in [-0.2, 0) is 19.2 Å². The standard InChI is InChI=1S/C4H3NO2.C2H2F3NO2/c6-3-1-2-4(7)5-3;3-2(4,5)1(7)8-6/h1-2H,(H,5,6,7);6H2. The van der Waals surface area contributed by atoms with E-state index in [1.807, 2.05) is 5.32 Å². The van der Waals surface area contributed by atoms with E-state index in [0.717, 1.165) is 0 Å². The first kappa shape index (κ1) is 13.1. The van der Waals surface area contributed by atoms with Crippen LogP contribution in [0.5, 0.6) is 0 Å². The topological polar surface area (TPSA) is 98.5 Å². The van der Waals surface area contributed by atoms with Gasteiger partial charge >= 0.3 is 12.1 Å². The Morgan fingerprint density at radius 2 is 1.67 bits per heavy atom. The van der Waals surface area contributed by atoms with Gasteiger partial charge < -0.3 is 4.84 Å². The van der Waals surface area contributed by atoms with Crippen molar-refractivity contribution in [2.24, 2.45) is 5.90 Å². The molecule has 0 bridgehead atoms. The average Bonchev–Trinajstić information content (AvgIpc) is 2.48. The number of halogens is 3. The molecule has 0 atom stereocenters. The van der Waals surface area contributed by atoms with Crippen molar-refractivity contribution in [2.45, 2.75) is 6.18 Å². The number of hydrogen-bond acceptors (Lipinski definition) is 5. The molecule has 0 aromatic carbocycles. The van der Waals surface area contributed by atoms with Crippen molar-refractivity contribution in [1.29, 1.82) is 0 Å². The SMILES string of the molecule is NOC(=O)C(F)(F)F.O=C1C=CC(=O)N1. The van der Waals surface area contributed by atoms with Gasteiger partial charge in [-0.15, -0.1) is 0 Å². The van der Waals surface area contributed by atoms with Crippen molar-refractivity contribution >= 4 is 17.8 Å². The highest BCUT2D eigenvalue weighted by molar-refractivity contribution is 6.12. The molecule has 0 unspecified atom stereocenters. The van der Waals surface area contributed by atoms with E-state index in [1.54, 1.807) is 0 Å². The number of nitrogens with two attached hydrogens (primary N) is 1. The van der Waals surface area contributed by atoms with Gasteiger partial charge in [-0.3, -0.25) is 14.9 Å². The molecule has 0 aliphatic carbocycles. The fourth-order valence-electron chi connectivity index (χ4n) is 0.423. The minimum atomic E-state index is -4.98. The van der Waals surface area contributed by atoms with E-state index in [1.165, 1.54) is 12.2 Å². The molecule has 9 heteroatoms. The molecule has 15 heavy (non-hydrogen) atoms. The largest absolute Gasteiger partial charge is 0.492 e. The first-order valence-electron chi connectivity index (χ1n) is 3.28. The number of hydrogen-bond donors (Lipinski definition) is 2. The summed E-state index contributed by atoms with van der Waals surface area (Å²) < 4.78 is 32.7. The lowest BCUT2D eigenvalue weighted by atomic mass is 10.6. The highest BCUT2D eigenvalue weighted by Crippen LogP contribution is 2.14. The minimum Gasteiger partial charge on any atom is -0.367 e. The molecule has 0 radical (unpaired) electrons. The zero-order valence-corrected chi connectivity index (χ0v) is 7.00. The number of carbonyl (C=O) groups is 3. The van der Waals surface area contributed by atoms with Gasteiger partial charge in [0, 0.05) is 12.2 Å². The molecule has 3 N–H and O–H groups in total. The zero-order chi connectivity index (χ0) is 12.1. The van der Waals surface area contributed by atoms with Crippen LogP contribution in [0.1, 0.15) is 0 Å². The number of carbonyl (C=O) groups excluding carboxylic acids is 3. The summed E-state index contributed by atoms with van der Waals surface area (Å²) in [6.07, 6.45) is -2.58. The molecule has 2 amide bonds. The van der Waals surface area contributed by atoms with Crippen LogP contribution in [0.2, 0.25) is 0 Å². The van der Waals surface area contributed by atoms with Crippen LogP contribution in [0, 0.1) is 0 Å². The normalized spacial score (nSPS) is 14.1. The van der Waals surface area contributed by atoms with Gasteiger partial charge in [0.15, 0.2) is 0 Å². The predicted molar refractivity (Wildman–Crippen MR) is 38.6 cm³/mol. The Balaban J connectivity index is 0.000000262. The lowest BCUT2D eigenvalue weighted by molar-refractivity contribution is -0.200. The molecule has 0 aromatic rings. The molecule has 0 saturated heterocycles. The number of alkyl halides is 3. The highest BCUT2D eigenvalue weighted by Gasteiger charge is 2.40. The van der Waals surface area contributed by atoms with Gasteiger partial charge in [-0.1, -0.05) is 0 Å². The summed E-state index contributed by atoms with van der Waals surface area (Å²) in [5, 5.41) is 2.03. The molecule has 0 fully saturated rings. The summed E-state index contributed by atoms with van der Waals surface area (Å²) in [5.41, 5.74) is 0. The van der Waals surface area contributed by atoms with Crippen LogP contribution < -0.4 is 11.2 Å². The van der Waals surface area contributed by atoms with Crippen molar-refractivity contribution in [3.05, 3.63) is 12.2 Å². The van der Waals surface area contributed by atoms with E-state index in [4.69, 9.17) is 0 Å². The molecule has 1 aliphatic heterocycles. The molecular formula is C6H5F3N2O4. The Morgan fingerprint density at radius 3 is 1.73 bits per heavy atom. The lowest BCUT2D eigenvalue weighted by Gasteiger charge is -1.98. The van der Waals surface area contributed by atoms with Crippen molar-refractivity contribution < 1.29 is 32.4 Å². The summed E-state index contributed by atoms with van der Waals surface area (Å²) in [4.78, 5) is 32.3. The molecule has 1 rings (SSSR count). The van der Waals surface area contributed by atoms with Crippen LogP contribution in [0.15, 0.2) is 12.2 Å². The van der Waals surface area contributed by atoms with Gasteiger partial charge in [0.05, 0.1) is 0 Å². The molecule has 1 heterocycles. The molecule has 0 aromatic heterocycles. The van der Waals surface area contributed by atoms with Crippen molar-refractivity contribution in [1.82, 2.24) is 5.32 Å². The van der Waals surface area contributed by atoms with Crippen molar-refractivity contribution in [2.75, 3.05) is 0 Å². The first-order valence-corrected chi connectivity index (χ1v) is 3.28. The van der Waals surface area contributed by atoms with E-state index in [9.17, 15) is 27.6 Å². The van der Waals surface area contributed by atoms with E-state index in [-0.39, 0.29) is 11.8 Å². The van der Waals surface area contributed by atoms with Gasteiger partial charge in [0.1, 0.15) is 0 Å². The Kier molecular flexibility index (Phi) is 4.45. The van der Waals surface area contributed by atoms with E-state index < -0.39 is 12.1 Å². The second-order valence-corrected chi connectivity index (χ2v) is 2.09. The van der Waals surface area contributed by atoms with E-state index in [2.05, 4.69) is 10.7 Å². The monoisotopic (exact) mass is 226 g/mol. The van der Waals surface area contributed by atoms with Crippen LogP contribution in [0.3, 0.4) is 0 Å². The number of imide groups is 1. The molecule has 0 spiro atoms. The fourth-order valence-corrected chi connectivity index (χ4v) is 0.423. The third kappa shape index (κ3) is 5.41. The number of nitrogens with one attached hydrogen (secondary N) is 1. The molecule has 0 saturated carbocycles.